The second-order valence-corrected chi connectivity index (χ2v) is 8.05. The van der Waals surface area contributed by atoms with Gasteiger partial charge < -0.3 is 10.6 Å². The summed E-state index contributed by atoms with van der Waals surface area (Å²) in [5, 5.41) is 11.9. The Morgan fingerprint density at radius 1 is 1.19 bits per heavy atom. The number of hydrogen-bond donors (Lipinski definition) is 2. The molecule has 0 unspecified atom stereocenters. The molecule has 1 fully saturated rings. The van der Waals surface area contributed by atoms with Crippen molar-refractivity contribution in [3.8, 4) is 0 Å². The van der Waals surface area contributed by atoms with Crippen LogP contribution in [0.5, 0.6) is 0 Å². The predicted molar refractivity (Wildman–Crippen MR) is 106 cm³/mol. The molecule has 2 aliphatic rings. The van der Waals surface area contributed by atoms with Crippen LogP contribution in [0.25, 0.3) is 0 Å². The summed E-state index contributed by atoms with van der Waals surface area (Å²) in [6.07, 6.45) is 2.50. The Bertz CT molecular complexity index is 730. The fraction of sp³-hybridized carbons (Fsp3) is 0.571. The van der Waals surface area contributed by atoms with E-state index in [9.17, 15) is 0 Å². The number of fused-ring (bicyclic) bond motifs is 1. The van der Waals surface area contributed by atoms with Crippen LogP contribution in [-0.2, 0) is 13.1 Å². The number of anilines is 1. The van der Waals surface area contributed by atoms with Gasteiger partial charge in [0.25, 0.3) is 0 Å². The lowest BCUT2D eigenvalue weighted by atomic mass is 10.0. The van der Waals surface area contributed by atoms with Crippen molar-refractivity contribution in [2.75, 3.05) is 31.5 Å². The molecular formula is C21H31N5. The number of likely N-dealkylation sites (tertiary alicyclic amines) is 1. The SMILES string of the molecule is Cc1cccc(CN2CCC(NC[C@H]3CNc4cc(C)nn4C3)CC2)c1. The first-order chi connectivity index (χ1) is 12.7. The minimum atomic E-state index is 0.618. The second kappa shape index (κ2) is 7.80. The van der Waals surface area contributed by atoms with E-state index in [4.69, 9.17) is 0 Å². The van der Waals surface area contributed by atoms with Crippen molar-refractivity contribution in [3.05, 3.63) is 47.2 Å². The fourth-order valence-corrected chi connectivity index (χ4v) is 4.22. The number of nitrogens with zero attached hydrogens (tertiary/aromatic N) is 3. The van der Waals surface area contributed by atoms with E-state index in [1.807, 2.05) is 0 Å². The van der Waals surface area contributed by atoms with Crippen LogP contribution in [0.1, 0.15) is 29.7 Å². The molecule has 1 aromatic heterocycles. The van der Waals surface area contributed by atoms with Crippen molar-refractivity contribution in [3.63, 3.8) is 0 Å². The summed E-state index contributed by atoms with van der Waals surface area (Å²) in [6.45, 7) is 10.8. The van der Waals surface area contributed by atoms with Crippen molar-refractivity contribution in [2.24, 2.45) is 5.92 Å². The van der Waals surface area contributed by atoms with Crippen molar-refractivity contribution >= 4 is 5.82 Å². The van der Waals surface area contributed by atoms with Crippen LogP contribution in [0.4, 0.5) is 5.82 Å². The zero-order valence-electron chi connectivity index (χ0n) is 16.0. The van der Waals surface area contributed by atoms with Gasteiger partial charge in [0, 0.05) is 44.2 Å². The molecule has 0 saturated carbocycles. The van der Waals surface area contributed by atoms with Gasteiger partial charge in [-0.3, -0.25) is 4.90 Å². The molecule has 0 spiro atoms. The van der Waals surface area contributed by atoms with E-state index in [1.54, 1.807) is 0 Å². The van der Waals surface area contributed by atoms with Crippen molar-refractivity contribution in [1.82, 2.24) is 20.0 Å². The van der Waals surface area contributed by atoms with E-state index >= 15 is 0 Å². The third-order valence-electron chi connectivity index (χ3n) is 5.68. The Labute approximate surface area is 156 Å². The highest BCUT2D eigenvalue weighted by Gasteiger charge is 2.22. The summed E-state index contributed by atoms with van der Waals surface area (Å²) in [7, 11) is 0. The lowest BCUT2D eigenvalue weighted by molar-refractivity contribution is 0.186. The minimum Gasteiger partial charge on any atom is -0.370 e. The van der Waals surface area contributed by atoms with Gasteiger partial charge in [0.1, 0.15) is 5.82 Å². The van der Waals surface area contributed by atoms with Gasteiger partial charge in [0.2, 0.25) is 0 Å². The van der Waals surface area contributed by atoms with Crippen molar-refractivity contribution in [2.45, 2.75) is 45.8 Å². The summed E-state index contributed by atoms with van der Waals surface area (Å²) in [6, 6.07) is 11.7. The quantitative estimate of drug-likeness (QED) is 0.868. The van der Waals surface area contributed by atoms with Gasteiger partial charge in [-0.2, -0.15) is 5.10 Å². The standard InChI is InChI=1S/C21H31N5/c1-16-4-3-5-18(10-16)14-25-8-6-20(7-9-25)22-12-19-13-23-21-11-17(2)24-26(21)15-19/h3-5,10-11,19-20,22-23H,6-9,12-15H2,1-2H3/t19-/m0/s1. The third kappa shape index (κ3) is 4.27. The molecule has 0 amide bonds. The number of rotatable bonds is 5. The van der Waals surface area contributed by atoms with Crippen LogP contribution in [0.2, 0.25) is 0 Å². The highest BCUT2D eigenvalue weighted by Crippen LogP contribution is 2.19. The Kier molecular flexibility index (Phi) is 5.27. The van der Waals surface area contributed by atoms with E-state index < -0.39 is 0 Å². The molecule has 2 aliphatic heterocycles. The Morgan fingerprint density at radius 3 is 2.85 bits per heavy atom. The number of nitrogens with one attached hydrogen (secondary N) is 2. The molecule has 140 valence electrons. The first kappa shape index (κ1) is 17.6. The van der Waals surface area contributed by atoms with Crippen LogP contribution in [-0.4, -0.2) is 46.9 Å². The summed E-state index contributed by atoms with van der Waals surface area (Å²) < 4.78 is 2.12. The van der Waals surface area contributed by atoms with Crippen LogP contribution in [0.15, 0.2) is 30.3 Å². The van der Waals surface area contributed by atoms with Crippen LogP contribution in [0.3, 0.4) is 0 Å². The van der Waals surface area contributed by atoms with E-state index in [2.05, 4.69) is 69.5 Å². The molecular weight excluding hydrogens is 322 g/mol. The molecule has 2 aromatic rings. The molecule has 1 aromatic carbocycles. The van der Waals surface area contributed by atoms with Gasteiger partial charge in [0.15, 0.2) is 0 Å². The normalized spacial score (nSPS) is 21.4. The molecule has 0 bridgehead atoms. The van der Waals surface area contributed by atoms with Crippen molar-refractivity contribution in [1.29, 1.82) is 0 Å². The van der Waals surface area contributed by atoms with Crippen LogP contribution < -0.4 is 10.6 Å². The second-order valence-electron chi connectivity index (χ2n) is 8.05. The maximum atomic E-state index is 4.57. The molecule has 26 heavy (non-hydrogen) atoms. The first-order valence-corrected chi connectivity index (χ1v) is 9.95. The van der Waals surface area contributed by atoms with Gasteiger partial charge in [-0.15, -0.1) is 0 Å². The van der Waals surface area contributed by atoms with Gasteiger partial charge in [0.05, 0.1) is 5.69 Å². The van der Waals surface area contributed by atoms with Crippen LogP contribution >= 0.6 is 0 Å². The summed E-state index contributed by atoms with van der Waals surface area (Å²) >= 11 is 0. The smallest absolute Gasteiger partial charge is 0.124 e. The molecule has 1 atom stereocenters. The Balaban J connectivity index is 1.20. The number of piperidine rings is 1. The lowest BCUT2D eigenvalue weighted by Crippen LogP contribution is -2.45. The van der Waals surface area contributed by atoms with E-state index in [1.165, 1.54) is 42.9 Å². The number of aryl methyl sites for hydroxylation is 2. The number of benzene rings is 1. The molecule has 2 N–H and O–H groups in total. The molecule has 0 radical (unpaired) electrons. The molecule has 1 saturated heterocycles. The summed E-state index contributed by atoms with van der Waals surface area (Å²) in [5.74, 6) is 1.79. The number of hydrogen-bond acceptors (Lipinski definition) is 4. The average Bonchev–Trinajstić information content (AvgIpc) is 3.00. The Morgan fingerprint density at radius 2 is 2.04 bits per heavy atom. The monoisotopic (exact) mass is 353 g/mol. The summed E-state index contributed by atoms with van der Waals surface area (Å²) in [4.78, 5) is 2.59. The molecule has 0 aliphatic carbocycles. The average molecular weight is 354 g/mol. The maximum absolute atomic E-state index is 4.57. The zero-order chi connectivity index (χ0) is 17.9. The molecule has 4 rings (SSSR count). The largest absolute Gasteiger partial charge is 0.370 e. The number of aromatic nitrogens is 2. The maximum Gasteiger partial charge on any atom is 0.124 e. The minimum absolute atomic E-state index is 0.618. The molecule has 5 heteroatoms. The van der Waals surface area contributed by atoms with E-state index in [-0.39, 0.29) is 0 Å². The van der Waals surface area contributed by atoms with Gasteiger partial charge in [-0.05, 0) is 45.3 Å². The molecule has 3 heterocycles. The fourth-order valence-electron chi connectivity index (χ4n) is 4.22. The van der Waals surface area contributed by atoms with Gasteiger partial charge >= 0.3 is 0 Å². The van der Waals surface area contributed by atoms with Gasteiger partial charge in [-0.25, -0.2) is 4.68 Å². The summed E-state index contributed by atoms with van der Waals surface area (Å²) in [5.41, 5.74) is 3.90. The highest BCUT2D eigenvalue weighted by molar-refractivity contribution is 5.38. The Hall–Kier alpha value is -1.85. The highest BCUT2D eigenvalue weighted by atomic mass is 15.3. The van der Waals surface area contributed by atoms with Crippen LogP contribution in [0, 0.1) is 19.8 Å². The molecule has 5 nitrogen and oxygen atoms in total. The van der Waals surface area contributed by atoms with E-state index in [0.717, 1.165) is 31.9 Å². The van der Waals surface area contributed by atoms with E-state index in [0.29, 0.717) is 12.0 Å². The predicted octanol–water partition coefficient (Wildman–Crippen LogP) is 2.80. The topological polar surface area (TPSA) is 45.1 Å². The zero-order valence-corrected chi connectivity index (χ0v) is 16.0. The first-order valence-electron chi connectivity index (χ1n) is 9.95. The van der Waals surface area contributed by atoms with Gasteiger partial charge in [-0.1, -0.05) is 29.8 Å². The third-order valence-corrected chi connectivity index (χ3v) is 5.68. The van der Waals surface area contributed by atoms with Crippen molar-refractivity contribution < 1.29 is 0 Å². The lowest BCUT2D eigenvalue weighted by Gasteiger charge is -2.34.